The van der Waals surface area contributed by atoms with Crippen LogP contribution < -0.4 is 5.56 Å². The topological polar surface area (TPSA) is 42.2 Å². The van der Waals surface area contributed by atoms with Gasteiger partial charge >= 0.3 is 0 Å². The molecule has 0 aliphatic rings. The van der Waals surface area contributed by atoms with Crippen molar-refractivity contribution < 1.29 is 5.11 Å². The Hall–Kier alpha value is -2.55. The first kappa shape index (κ1) is 11.5. The van der Waals surface area contributed by atoms with Crippen molar-refractivity contribution in [2.45, 2.75) is 6.92 Å². The summed E-state index contributed by atoms with van der Waals surface area (Å²) < 4.78 is 1.32. The standard InChI is InChI=1S/C16H13NO2/c1-11-6-8-13(9-7-11)17-15(18)10-12-4-2-3-5-14(12)16(17)19/h2-10,19H,1H3. The zero-order valence-corrected chi connectivity index (χ0v) is 10.5. The fourth-order valence-electron chi connectivity index (χ4n) is 2.19. The minimum absolute atomic E-state index is 0.0213. The summed E-state index contributed by atoms with van der Waals surface area (Å²) in [6, 6.07) is 16.3. The van der Waals surface area contributed by atoms with Crippen molar-refractivity contribution in [3.05, 3.63) is 70.5 Å². The molecule has 0 atom stereocenters. The number of hydrogen-bond acceptors (Lipinski definition) is 2. The minimum Gasteiger partial charge on any atom is -0.494 e. The fourth-order valence-corrected chi connectivity index (χ4v) is 2.19. The van der Waals surface area contributed by atoms with Crippen molar-refractivity contribution in [3.8, 4) is 11.6 Å². The zero-order valence-electron chi connectivity index (χ0n) is 10.5. The third-order valence-electron chi connectivity index (χ3n) is 3.21. The van der Waals surface area contributed by atoms with Gasteiger partial charge in [0.15, 0.2) is 0 Å². The van der Waals surface area contributed by atoms with Gasteiger partial charge in [0.25, 0.3) is 5.56 Å². The van der Waals surface area contributed by atoms with Gasteiger partial charge in [0.2, 0.25) is 5.88 Å². The molecular formula is C16H13NO2. The normalized spacial score (nSPS) is 10.8. The number of aromatic nitrogens is 1. The van der Waals surface area contributed by atoms with E-state index in [0.717, 1.165) is 10.9 Å². The first-order valence-corrected chi connectivity index (χ1v) is 6.07. The van der Waals surface area contributed by atoms with E-state index < -0.39 is 0 Å². The van der Waals surface area contributed by atoms with E-state index in [2.05, 4.69) is 0 Å². The van der Waals surface area contributed by atoms with Crippen LogP contribution >= 0.6 is 0 Å². The molecule has 3 rings (SSSR count). The number of nitrogens with zero attached hydrogens (tertiary/aromatic N) is 1. The summed E-state index contributed by atoms with van der Waals surface area (Å²) in [6.07, 6.45) is 0. The molecule has 3 nitrogen and oxygen atoms in total. The SMILES string of the molecule is Cc1ccc(-n2c(O)c3ccccc3cc2=O)cc1. The first-order chi connectivity index (χ1) is 9.16. The molecule has 2 aromatic carbocycles. The maximum atomic E-state index is 12.1. The Morgan fingerprint density at radius 2 is 1.68 bits per heavy atom. The summed E-state index contributed by atoms with van der Waals surface area (Å²) in [5.74, 6) is -0.0213. The highest BCUT2D eigenvalue weighted by atomic mass is 16.3. The molecule has 0 amide bonds. The molecule has 0 aliphatic carbocycles. The van der Waals surface area contributed by atoms with Crippen LogP contribution in [0.5, 0.6) is 5.88 Å². The fraction of sp³-hybridized carbons (Fsp3) is 0.0625. The van der Waals surface area contributed by atoms with Crippen molar-refractivity contribution in [2.24, 2.45) is 0 Å². The zero-order chi connectivity index (χ0) is 13.4. The van der Waals surface area contributed by atoms with E-state index >= 15 is 0 Å². The molecule has 94 valence electrons. The van der Waals surface area contributed by atoms with Crippen molar-refractivity contribution in [1.82, 2.24) is 4.57 Å². The summed E-state index contributed by atoms with van der Waals surface area (Å²) in [6.45, 7) is 1.98. The van der Waals surface area contributed by atoms with Gasteiger partial charge in [0, 0.05) is 11.5 Å². The molecule has 3 heteroatoms. The predicted octanol–water partition coefficient (Wildman–Crippen LogP) is 3.00. The van der Waals surface area contributed by atoms with E-state index in [1.807, 2.05) is 49.4 Å². The Morgan fingerprint density at radius 3 is 2.42 bits per heavy atom. The Labute approximate surface area is 110 Å². The lowest BCUT2D eigenvalue weighted by molar-refractivity contribution is 0.443. The summed E-state index contributed by atoms with van der Waals surface area (Å²) in [7, 11) is 0. The maximum absolute atomic E-state index is 12.1. The summed E-state index contributed by atoms with van der Waals surface area (Å²) in [4.78, 5) is 12.1. The second-order valence-electron chi connectivity index (χ2n) is 4.56. The number of benzene rings is 2. The van der Waals surface area contributed by atoms with Crippen LogP contribution in [0, 0.1) is 6.92 Å². The molecule has 0 spiro atoms. The highest BCUT2D eigenvalue weighted by Crippen LogP contribution is 2.24. The van der Waals surface area contributed by atoms with Gasteiger partial charge in [-0.05, 0) is 30.5 Å². The maximum Gasteiger partial charge on any atom is 0.258 e. The average molecular weight is 251 g/mol. The number of aromatic hydroxyl groups is 1. The third-order valence-corrected chi connectivity index (χ3v) is 3.21. The molecule has 1 aromatic heterocycles. The highest BCUT2D eigenvalue weighted by Gasteiger charge is 2.09. The monoisotopic (exact) mass is 251 g/mol. The van der Waals surface area contributed by atoms with E-state index in [1.165, 1.54) is 10.6 Å². The van der Waals surface area contributed by atoms with Crippen LogP contribution in [0.15, 0.2) is 59.4 Å². The summed E-state index contributed by atoms with van der Waals surface area (Å²) >= 11 is 0. The Balaban J connectivity index is 2.35. The van der Waals surface area contributed by atoms with E-state index in [9.17, 15) is 9.90 Å². The lowest BCUT2D eigenvalue weighted by atomic mass is 10.1. The van der Waals surface area contributed by atoms with Crippen LogP contribution in [0.25, 0.3) is 16.5 Å². The Bertz CT molecular complexity index is 801. The third kappa shape index (κ3) is 1.89. The van der Waals surface area contributed by atoms with E-state index in [-0.39, 0.29) is 11.4 Å². The molecule has 0 unspecified atom stereocenters. The lowest BCUT2D eigenvalue weighted by Crippen LogP contribution is -2.17. The lowest BCUT2D eigenvalue weighted by Gasteiger charge is -2.11. The smallest absolute Gasteiger partial charge is 0.258 e. The first-order valence-electron chi connectivity index (χ1n) is 6.07. The minimum atomic E-state index is -0.236. The number of rotatable bonds is 1. The number of aryl methyl sites for hydroxylation is 1. The largest absolute Gasteiger partial charge is 0.494 e. The van der Waals surface area contributed by atoms with Crippen LogP contribution in [0.4, 0.5) is 0 Å². The van der Waals surface area contributed by atoms with Crippen LogP contribution in [-0.4, -0.2) is 9.67 Å². The van der Waals surface area contributed by atoms with Gasteiger partial charge in [-0.15, -0.1) is 0 Å². The highest BCUT2D eigenvalue weighted by molar-refractivity contribution is 5.87. The molecule has 0 radical (unpaired) electrons. The predicted molar refractivity (Wildman–Crippen MR) is 75.9 cm³/mol. The van der Waals surface area contributed by atoms with Crippen LogP contribution in [0.2, 0.25) is 0 Å². The molecule has 3 aromatic rings. The Morgan fingerprint density at radius 1 is 1.00 bits per heavy atom. The quantitative estimate of drug-likeness (QED) is 0.722. The molecule has 1 N–H and O–H groups in total. The van der Waals surface area contributed by atoms with Crippen LogP contribution in [0.1, 0.15) is 5.56 Å². The molecule has 0 saturated heterocycles. The van der Waals surface area contributed by atoms with E-state index in [0.29, 0.717) is 11.1 Å². The second kappa shape index (κ2) is 4.28. The van der Waals surface area contributed by atoms with Gasteiger partial charge in [0.05, 0.1) is 5.69 Å². The van der Waals surface area contributed by atoms with Gasteiger partial charge < -0.3 is 5.11 Å². The van der Waals surface area contributed by atoms with Crippen molar-refractivity contribution >= 4 is 10.8 Å². The van der Waals surface area contributed by atoms with Gasteiger partial charge in [-0.1, -0.05) is 35.9 Å². The molecule has 1 heterocycles. The molecular weight excluding hydrogens is 238 g/mol. The molecule has 0 saturated carbocycles. The van der Waals surface area contributed by atoms with Crippen molar-refractivity contribution in [3.63, 3.8) is 0 Å². The van der Waals surface area contributed by atoms with Gasteiger partial charge in [0.1, 0.15) is 0 Å². The van der Waals surface area contributed by atoms with Crippen LogP contribution in [-0.2, 0) is 0 Å². The van der Waals surface area contributed by atoms with E-state index in [1.54, 1.807) is 6.07 Å². The average Bonchev–Trinajstić information content (AvgIpc) is 2.41. The second-order valence-corrected chi connectivity index (χ2v) is 4.56. The number of hydrogen-bond donors (Lipinski definition) is 1. The summed E-state index contributed by atoms with van der Waals surface area (Å²) in [5.41, 5.74) is 1.54. The van der Waals surface area contributed by atoms with E-state index in [4.69, 9.17) is 0 Å². The van der Waals surface area contributed by atoms with Crippen LogP contribution in [0.3, 0.4) is 0 Å². The van der Waals surface area contributed by atoms with Gasteiger partial charge in [-0.2, -0.15) is 0 Å². The van der Waals surface area contributed by atoms with Crippen molar-refractivity contribution in [2.75, 3.05) is 0 Å². The molecule has 19 heavy (non-hydrogen) atoms. The number of pyridine rings is 1. The van der Waals surface area contributed by atoms with Gasteiger partial charge in [-0.25, -0.2) is 4.57 Å². The van der Waals surface area contributed by atoms with Crippen molar-refractivity contribution in [1.29, 1.82) is 0 Å². The molecule has 0 fully saturated rings. The molecule has 0 bridgehead atoms. The molecule has 0 aliphatic heterocycles. The van der Waals surface area contributed by atoms with Gasteiger partial charge in [-0.3, -0.25) is 4.79 Å². The Kier molecular flexibility index (Phi) is 2.60. The number of fused-ring (bicyclic) bond motifs is 1. The summed E-state index contributed by atoms with van der Waals surface area (Å²) in [5, 5.41) is 11.7.